The van der Waals surface area contributed by atoms with Crippen LogP contribution < -0.4 is 5.32 Å². The third-order valence-corrected chi connectivity index (χ3v) is 5.03. The number of nitrogens with zero attached hydrogens (tertiary/aromatic N) is 2. The van der Waals surface area contributed by atoms with Gasteiger partial charge in [-0.05, 0) is 45.0 Å². The molecule has 6 heteroatoms. The number of aryl methyl sites for hydroxylation is 2. The van der Waals surface area contributed by atoms with E-state index in [1.807, 2.05) is 21.0 Å². The van der Waals surface area contributed by atoms with E-state index in [0.29, 0.717) is 12.2 Å². The molecule has 0 radical (unpaired) electrons. The maximum Gasteiger partial charge on any atom is 0.270 e. The minimum atomic E-state index is -0.101. The molecule has 0 aliphatic heterocycles. The Bertz CT molecular complexity index is 589. The maximum atomic E-state index is 12.1. The van der Waals surface area contributed by atoms with Crippen LogP contribution >= 0.6 is 22.7 Å². The van der Waals surface area contributed by atoms with Crippen LogP contribution in [0.1, 0.15) is 32.0 Å². The standard InChI is InChI=1S/C14H19N3OS2/c1-9-5-6-19-13(9)12(17(3)4)7-15-14(18)11-8-20-10(2)16-11/h5-6,8,12H,7H2,1-4H3,(H,15,18)/t12-/m1/s1. The molecule has 0 aliphatic carbocycles. The van der Waals surface area contributed by atoms with Crippen LogP contribution in [0.2, 0.25) is 0 Å². The molecule has 108 valence electrons. The average molecular weight is 309 g/mol. The summed E-state index contributed by atoms with van der Waals surface area (Å²) in [7, 11) is 4.06. The lowest BCUT2D eigenvalue weighted by Gasteiger charge is -2.24. The topological polar surface area (TPSA) is 45.2 Å². The van der Waals surface area contributed by atoms with E-state index in [-0.39, 0.29) is 11.9 Å². The van der Waals surface area contributed by atoms with Gasteiger partial charge in [-0.1, -0.05) is 0 Å². The summed E-state index contributed by atoms with van der Waals surface area (Å²) < 4.78 is 0. The summed E-state index contributed by atoms with van der Waals surface area (Å²) in [4.78, 5) is 19.7. The van der Waals surface area contributed by atoms with E-state index >= 15 is 0 Å². The summed E-state index contributed by atoms with van der Waals surface area (Å²) in [6, 6.07) is 2.31. The highest BCUT2D eigenvalue weighted by atomic mass is 32.1. The van der Waals surface area contributed by atoms with Crippen LogP contribution in [-0.2, 0) is 0 Å². The van der Waals surface area contributed by atoms with Gasteiger partial charge in [0, 0.05) is 16.8 Å². The molecule has 0 aliphatic rings. The van der Waals surface area contributed by atoms with Gasteiger partial charge in [0.15, 0.2) is 0 Å². The van der Waals surface area contributed by atoms with Crippen molar-refractivity contribution in [2.45, 2.75) is 19.9 Å². The smallest absolute Gasteiger partial charge is 0.270 e. The number of hydrogen-bond donors (Lipinski definition) is 1. The van der Waals surface area contributed by atoms with Gasteiger partial charge in [-0.3, -0.25) is 4.79 Å². The molecule has 1 N–H and O–H groups in total. The lowest BCUT2D eigenvalue weighted by atomic mass is 10.1. The van der Waals surface area contributed by atoms with Gasteiger partial charge < -0.3 is 10.2 Å². The van der Waals surface area contributed by atoms with E-state index in [0.717, 1.165) is 5.01 Å². The normalized spacial score (nSPS) is 12.7. The molecule has 0 spiro atoms. The van der Waals surface area contributed by atoms with Crippen molar-refractivity contribution in [2.24, 2.45) is 0 Å². The fourth-order valence-corrected chi connectivity index (χ4v) is 3.70. The van der Waals surface area contributed by atoms with E-state index in [1.54, 1.807) is 16.7 Å². The van der Waals surface area contributed by atoms with Crippen LogP contribution in [0.4, 0.5) is 0 Å². The predicted molar refractivity (Wildman–Crippen MR) is 84.7 cm³/mol. The fourth-order valence-electron chi connectivity index (χ4n) is 1.98. The Morgan fingerprint density at radius 3 is 2.65 bits per heavy atom. The van der Waals surface area contributed by atoms with Crippen molar-refractivity contribution in [1.29, 1.82) is 0 Å². The summed E-state index contributed by atoms with van der Waals surface area (Å²) in [5.41, 5.74) is 1.78. The zero-order chi connectivity index (χ0) is 14.7. The summed E-state index contributed by atoms with van der Waals surface area (Å²) in [5.74, 6) is -0.101. The minimum absolute atomic E-state index is 0.101. The monoisotopic (exact) mass is 309 g/mol. The molecule has 2 aromatic heterocycles. The van der Waals surface area contributed by atoms with E-state index in [1.165, 1.54) is 21.8 Å². The number of thiophene rings is 1. The number of aromatic nitrogens is 1. The molecule has 0 bridgehead atoms. The van der Waals surface area contributed by atoms with Crippen molar-refractivity contribution in [3.8, 4) is 0 Å². The van der Waals surface area contributed by atoms with Crippen LogP contribution in [0.25, 0.3) is 0 Å². The van der Waals surface area contributed by atoms with Crippen LogP contribution in [-0.4, -0.2) is 36.4 Å². The fraction of sp³-hybridized carbons (Fsp3) is 0.429. The van der Waals surface area contributed by atoms with Crippen molar-refractivity contribution in [3.05, 3.63) is 38.0 Å². The van der Waals surface area contributed by atoms with E-state index < -0.39 is 0 Å². The van der Waals surface area contributed by atoms with E-state index in [9.17, 15) is 4.79 Å². The first-order valence-corrected chi connectivity index (χ1v) is 8.15. The van der Waals surface area contributed by atoms with Crippen molar-refractivity contribution >= 4 is 28.6 Å². The van der Waals surface area contributed by atoms with E-state index in [4.69, 9.17) is 0 Å². The first-order chi connectivity index (χ1) is 9.49. The molecule has 2 heterocycles. The molecular formula is C14H19N3OS2. The van der Waals surface area contributed by atoms with Crippen LogP contribution in [0, 0.1) is 13.8 Å². The third kappa shape index (κ3) is 3.45. The van der Waals surface area contributed by atoms with Crippen LogP contribution in [0.5, 0.6) is 0 Å². The Balaban J connectivity index is 2.03. The highest BCUT2D eigenvalue weighted by molar-refractivity contribution is 7.10. The molecule has 2 rings (SSSR count). The van der Waals surface area contributed by atoms with Crippen LogP contribution in [0.15, 0.2) is 16.8 Å². The number of carbonyl (C=O) groups is 1. The Morgan fingerprint density at radius 2 is 2.15 bits per heavy atom. The average Bonchev–Trinajstić information content (AvgIpc) is 2.99. The quantitative estimate of drug-likeness (QED) is 0.924. The van der Waals surface area contributed by atoms with Gasteiger partial charge in [-0.2, -0.15) is 0 Å². The number of rotatable bonds is 5. The molecule has 1 atom stereocenters. The third-order valence-electron chi connectivity index (χ3n) is 3.14. The molecule has 0 saturated heterocycles. The largest absolute Gasteiger partial charge is 0.349 e. The molecule has 4 nitrogen and oxygen atoms in total. The minimum Gasteiger partial charge on any atom is -0.349 e. The van der Waals surface area contributed by atoms with Gasteiger partial charge in [0.2, 0.25) is 0 Å². The number of likely N-dealkylation sites (N-methyl/N-ethyl adjacent to an activating group) is 1. The SMILES string of the molecule is Cc1nc(C(=O)NC[C@H](c2sccc2C)N(C)C)cs1. The maximum absolute atomic E-state index is 12.1. The lowest BCUT2D eigenvalue weighted by Crippen LogP contribution is -2.34. The lowest BCUT2D eigenvalue weighted by molar-refractivity contribution is 0.0937. The first kappa shape index (κ1) is 15.2. The van der Waals surface area contributed by atoms with Gasteiger partial charge in [0.1, 0.15) is 5.69 Å². The second kappa shape index (κ2) is 6.47. The Hall–Kier alpha value is -1.24. The Labute approximate surface area is 127 Å². The zero-order valence-electron chi connectivity index (χ0n) is 12.1. The number of amides is 1. The molecule has 20 heavy (non-hydrogen) atoms. The predicted octanol–water partition coefficient (Wildman–Crippen LogP) is 2.85. The molecule has 0 unspecified atom stereocenters. The van der Waals surface area contributed by atoms with Gasteiger partial charge in [-0.15, -0.1) is 22.7 Å². The van der Waals surface area contributed by atoms with Crippen molar-refractivity contribution in [2.75, 3.05) is 20.6 Å². The highest BCUT2D eigenvalue weighted by Crippen LogP contribution is 2.26. The molecule has 2 aromatic rings. The first-order valence-electron chi connectivity index (χ1n) is 6.39. The number of thiazole rings is 1. The summed E-state index contributed by atoms with van der Waals surface area (Å²) in [5, 5.41) is 7.78. The van der Waals surface area contributed by atoms with Gasteiger partial charge in [-0.25, -0.2) is 4.98 Å². The summed E-state index contributed by atoms with van der Waals surface area (Å²) >= 11 is 3.22. The van der Waals surface area contributed by atoms with Crippen molar-refractivity contribution in [1.82, 2.24) is 15.2 Å². The second-order valence-corrected chi connectivity index (χ2v) is 6.92. The van der Waals surface area contributed by atoms with Gasteiger partial charge >= 0.3 is 0 Å². The van der Waals surface area contributed by atoms with Gasteiger partial charge in [0.05, 0.1) is 11.0 Å². The van der Waals surface area contributed by atoms with Gasteiger partial charge in [0.25, 0.3) is 5.91 Å². The highest BCUT2D eigenvalue weighted by Gasteiger charge is 2.19. The van der Waals surface area contributed by atoms with E-state index in [2.05, 4.69) is 33.6 Å². The molecule has 0 aromatic carbocycles. The van der Waals surface area contributed by atoms with Crippen molar-refractivity contribution < 1.29 is 4.79 Å². The summed E-state index contributed by atoms with van der Waals surface area (Å²) in [6.07, 6.45) is 0. The molecule has 1 amide bonds. The summed E-state index contributed by atoms with van der Waals surface area (Å²) in [6.45, 7) is 4.59. The molecule has 0 fully saturated rings. The number of nitrogens with one attached hydrogen (secondary N) is 1. The second-order valence-electron chi connectivity index (χ2n) is 4.91. The number of carbonyl (C=O) groups excluding carboxylic acids is 1. The Morgan fingerprint density at radius 1 is 1.40 bits per heavy atom. The zero-order valence-corrected chi connectivity index (χ0v) is 13.8. The number of hydrogen-bond acceptors (Lipinski definition) is 5. The molecule has 0 saturated carbocycles. The Kier molecular flexibility index (Phi) is 4.91. The van der Waals surface area contributed by atoms with Crippen molar-refractivity contribution in [3.63, 3.8) is 0 Å². The van der Waals surface area contributed by atoms with Crippen LogP contribution in [0.3, 0.4) is 0 Å². The molecular weight excluding hydrogens is 290 g/mol.